The van der Waals surface area contributed by atoms with Gasteiger partial charge in [0.15, 0.2) is 0 Å². The zero-order valence-electron chi connectivity index (χ0n) is 9.01. The summed E-state index contributed by atoms with van der Waals surface area (Å²) in [6.07, 6.45) is 6.75. The van der Waals surface area contributed by atoms with Crippen LogP contribution < -0.4 is 5.73 Å². The molecule has 1 saturated carbocycles. The summed E-state index contributed by atoms with van der Waals surface area (Å²) in [6.45, 7) is 0.600. The van der Waals surface area contributed by atoms with Crippen molar-refractivity contribution in [3.63, 3.8) is 0 Å². The van der Waals surface area contributed by atoms with E-state index in [2.05, 4.69) is 6.07 Å². The lowest BCUT2D eigenvalue weighted by Gasteiger charge is -2.12. The molecule has 0 heterocycles. The summed E-state index contributed by atoms with van der Waals surface area (Å²) in [5.74, 6) is 0.872. The molecule has 2 N–H and O–H groups in total. The zero-order chi connectivity index (χ0) is 10.7. The molecule has 15 heavy (non-hydrogen) atoms. The van der Waals surface area contributed by atoms with Crippen molar-refractivity contribution in [2.75, 3.05) is 0 Å². The van der Waals surface area contributed by atoms with Gasteiger partial charge in [0.2, 0.25) is 0 Å². The molecule has 0 atom stereocenters. The maximum atomic E-state index is 5.96. The lowest BCUT2D eigenvalue weighted by molar-refractivity contribution is 0.544. The zero-order valence-corrected chi connectivity index (χ0v) is 9.76. The molecule has 1 nitrogen and oxygen atoms in total. The summed E-state index contributed by atoms with van der Waals surface area (Å²) in [5, 5.41) is 0.797. The molecule has 2 heteroatoms. The molecule has 0 aromatic heterocycles. The highest BCUT2D eigenvalue weighted by molar-refractivity contribution is 6.30. The Hall–Kier alpha value is -0.530. The number of benzene rings is 1. The topological polar surface area (TPSA) is 26.0 Å². The Morgan fingerprint density at radius 2 is 1.93 bits per heavy atom. The van der Waals surface area contributed by atoms with Crippen molar-refractivity contribution in [3.8, 4) is 0 Å². The van der Waals surface area contributed by atoms with Crippen LogP contribution in [-0.4, -0.2) is 0 Å². The van der Waals surface area contributed by atoms with Crippen LogP contribution in [0.1, 0.15) is 36.8 Å². The summed E-state index contributed by atoms with van der Waals surface area (Å²) in [7, 11) is 0. The lowest BCUT2D eigenvalue weighted by Crippen LogP contribution is -2.06. The van der Waals surface area contributed by atoms with E-state index in [1.54, 1.807) is 0 Å². The van der Waals surface area contributed by atoms with Gasteiger partial charge >= 0.3 is 0 Å². The minimum atomic E-state index is 0.600. The molecule has 0 aliphatic heterocycles. The van der Waals surface area contributed by atoms with Gasteiger partial charge in [0.05, 0.1) is 0 Å². The minimum absolute atomic E-state index is 0.600. The van der Waals surface area contributed by atoms with E-state index in [-0.39, 0.29) is 0 Å². The van der Waals surface area contributed by atoms with E-state index in [1.165, 1.54) is 43.2 Å². The first-order valence-electron chi connectivity index (χ1n) is 5.77. The molecule has 0 radical (unpaired) electrons. The molecule has 2 rings (SSSR count). The van der Waals surface area contributed by atoms with Crippen molar-refractivity contribution >= 4 is 11.6 Å². The van der Waals surface area contributed by atoms with Gasteiger partial charge in [-0.1, -0.05) is 43.4 Å². The Balaban J connectivity index is 2.12. The SMILES string of the molecule is NCc1cc(Cl)ccc1CC1CCCC1. The maximum absolute atomic E-state index is 5.96. The second kappa shape index (κ2) is 5.00. The number of nitrogens with two attached hydrogens (primary N) is 1. The molecule has 0 saturated heterocycles. The van der Waals surface area contributed by atoms with E-state index in [0.717, 1.165) is 10.9 Å². The first-order chi connectivity index (χ1) is 7.29. The molecule has 1 aliphatic carbocycles. The van der Waals surface area contributed by atoms with Crippen molar-refractivity contribution in [3.05, 3.63) is 34.3 Å². The smallest absolute Gasteiger partial charge is 0.0409 e. The van der Waals surface area contributed by atoms with Gasteiger partial charge in [-0.3, -0.25) is 0 Å². The Kier molecular flexibility index (Phi) is 3.66. The van der Waals surface area contributed by atoms with Gasteiger partial charge in [0.1, 0.15) is 0 Å². The summed E-state index contributed by atoms with van der Waals surface area (Å²) < 4.78 is 0. The summed E-state index contributed by atoms with van der Waals surface area (Å²) >= 11 is 5.96. The van der Waals surface area contributed by atoms with E-state index >= 15 is 0 Å². The molecule has 0 amide bonds. The van der Waals surface area contributed by atoms with E-state index < -0.39 is 0 Å². The second-order valence-electron chi connectivity index (χ2n) is 4.47. The van der Waals surface area contributed by atoms with Crippen LogP contribution in [0, 0.1) is 5.92 Å². The fourth-order valence-corrected chi connectivity index (χ4v) is 2.70. The highest BCUT2D eigenvalue weighted by atomic mass is 35.5. The van der Waals surface area contributed by atoms with Gasteiger partial charge in [-0.25, -0.2) is 0 Å². The predicted octanol–water partition coefficient (Wildman–Crippen LogP) is 3.53. The number of hydrogen-bond acceptors (Lipinski definition) is 1. The number of hydrogen-bond donors (Lipinski definition) is 1. The standard InChI is InChI=1S/C13H18ClN/c14-13-6-5-11(12(8-13)9-15)7-10-3-1-2-4-10/h5-6,8,10H,1-4,7,9,15H2. The van der Waals surface area contributed by atoms with Crippen molar-refractivity contribution in [1.82, 2.24) is 0 Å². The van der Waals surface area contributed by atoms with Crippen molar-refractivity contribution in [2.45, 2.75) is 38.6 Å². The van der Waals surface area contributed by atoms with Crippen LogP contribution in [0.3, 0.4) is 0 Å². The Morgan fingerprint density at radius 3 is 2.60 bits per heavy atom. The minimum Gasteiger partial charge on any atom is -0.326 e. The van der Waals surface area contributed by atoms with Gasteiger partial charge < -0.3 is 5.73 Å². The highest BCUT2D eigenvalue weighted by Crippen LogP contribution is 2.29. The first-order valence-corrected chi connectivity index (χ1v) is 6.15. The van der Waals surface area contributed by atoms with Crippen LogP contribution in [0.15, 0.2) is 18.2 Å². The highest BCUT2D eigenvalue weighted by Gasteiger charge is 2.16. The van der Waals surface area contributed by atoms with Gasteiger partial charge in [0, 0.05) is 11.6 Å². The molecular weight excluding hydrogens is 206 g/mol. The quantitative estimate of drug-likeness (QED) is 0.834. The van der Waals surface area contributed by atoms with Crippen LogP contribution >= 0.6 is 11.6 Å². The Bertz CT molecular complexity index is 329. The molecule has 1 fully saturated rings. The normalized spacial score (nSPS) is 17.2. The van der Waals surface area contributed by atoms with Gasteiger partial charge in [0.25, 0.3) is 0 Å². The van der Waals surface area contributed by atoms with Gasteiger partial charge in [-0.2, -0.15) is 0 Å². The molecule has 0 unspecified atom stereocenters. The molecular formula is C13H18ClN. The molecule has 0 bridgehead atoms. The monoisotopic (exact) mass is 223 g/mol. The van der Waals surface area contributed by atoms with Crippen LogP contribution in [0.4, 0.5) is 0 Å². The summed E-state index contributed by atoms with van der Waals surface area (Å²) in [6, 6.07) is 6.12. The molecule has 1 aromatic rings. The lowest BCUT2D eigenvalue weighted by atomic mass is 9.94. The third-order valence-corrected chi connectivity index (χ3v) is 3.61. The van der Waals surface area contributed by atoms with Crippen LogP contribution in [-0.2, 0) is 13.0 Å². The average molecular weight is 224 g/mol. The summed E-state index contributed by atoms with van der Waals surface area (Å²) in [5.41, 5.74) is 8.35. The average Bonchev–Trinajstić information content (AvgIpc) is 2.73. The fourth-order valence-electron chi connectivity index (χ4n) is 2.51. The van der Waals surface area contributed by atoms with E-state index in [1.807, 2.05) is 12.1 Å². The van der Waals surface area contributed by atoms with E-state index in [4.69, 9.17) is 17.3 Å². The van der Waals surface area contributed by atoms with Crippen LogP contribution in [0.2, 0.25) is 5.02 Å². The molecule has 82 valence electrons. The second-order valence-corrected chi connectivity index (χ2v) is 4.91. The van der Waals surface area contributed by atoms with E-state index in [9.17, 15) is 0 Å². The van der Waals surface area contributed by atoms with Crippen LogP contribution in [0.5, 0.6) is 0 Å². The number of rotatable bonds is 3. The molecule has 0 spiro atoms. The van der Waals surface area contributed by atoms with E-state index in [0.29, 0.717) is 6.54 Å². The van der Waals surface area contributed by atoms with Crippen molar-refractivity contribution in [2.24, 2.45) is 11.7 Å². The number of halogens is 1. The third-order valence-electron chi connectivity index (χ3n) is 3.37. The Morgan fingerprint density at radius 1 is 1.20 bits per heavy atom. The maximum Gasteiger partial charge on any atom is 0.0409 e. The van der Waals surface area contributed by atoms with Gasteiger partial charge in [-0.05, 0) is 35.6 Å². The predicted molar refractivity (Wildman–Crippen MR) is 65.0 cm³/mol. The fraction of sp³-hybridized carbons (Fsp3) is 0.538. The summed E-state index contributed by atoms with van der Waals surface area (Å²) in [4.78, 5) is 0. The van der Waals surface area contributed by atoms with Crippen molar-refractivity contribution < 1.29 is 0 Å². The molecule has 1 aliphatic rings. The Labute approximate surface area is 96.6 Å². The van der Waals surface area contributed by atoms with Crippen molar-refractivity contribution in [1.29, 1.82) is 0 Å². The first kappa shape index (κ1) is 11.0. The van der Waals surface area contributed by atoms with Crippen LogP contribution in [0.25, 0.3) is 0 Å². The molecule has 1 aromatic carbocycles. The third kappa shape index (κ3) is 2.73. The largest absolute Gasteiger partial charge is 0.326 e. The van der Waals surface area contributed by atoms with Gasteiger partial charge in [-0.15, -0.1) is 0 Å².